The summed E-state index contributed by atoms with van der Waals surface area (Å²) in [4.78, 5) is 0.0658. The molecule has 0 heterocycles. The van der Waals surface area contributed by atoms with Gasteiger partial charge in [0, 0.05) is 18.8 Å². The van der Waals surface area contributed by atoms with Gasteiger partial charge in [-0.3, -0.25) is 4.72 Å². The van der Waals surface area contributed by atoms with Crippen molar-refractivity contribution in [3.8, 4) is 0 Å². The predicted molar refractivity (Wildman–Crippen MR) is 99.2 cm³/mol. The van der Waals surface area contributed by atoms with Gasteiger partial charge in [0.05, 0.1) is 10.6 Å². The third-order valence-corrected chi connectivity index (χ3v) is 6.96. The minimum atomic E-state index is -3.64. The number of nitrogens with zero attached hydrogens (tertiary/aromatic N) is 1. The Hall–Kier alpha value is -1.90. The standard InChI is InChI=1S/C17H22N2O4S2/c1-3-19(4-2)25(22,23)17-12-8-11-16(13-17)18-24(20,21)14-15-9-6-5-7-10-15/h5-13,18H,3-4,14H2,1-2H3. The fourth-order valence-corrected chi connectivity index (χ4v) is 5.14. The molecule has 0 aliphatic carbocycles. The molecule has 0 atom stereocenters. The molecule has 0 aliphatic rings. The van der Waals surface area contributed by atoms with Crippen molar-refractivity contribution >= 4 is 25.7 Å². The van der Waals surface area contributed by atoms with Crippen LogP contribution in [0.15, 0.2) is 59.5 Å². The quantitative estimate of drug-likeness (QED) is 0.761. The highest BCUT2D eigenvalue weighted by molar-refractivity contribution is 7.92. The molecule has 136 valence electrons. The minimum absolute atomic E-state index is 0.0658. The second kappa shape index (κ2) is 7.99. The van der Waals surface area contributed by atoms with Crippen LogP contribution in [-0.2, 0) is 25.8 Å². The van der Waals surface area contributed by atoms with E-state index in [1.165, 1.54) is 28.6 Å². The summed E-state index contributed by atoms with van der Waals surface area (Å²) in [5, 5.41) is 0. The lowest BCUT2D eigenvalue weighted by Crippen LogP contribution is -2.30. The molecule has 6 nitrogen and oxygen atoms in total. The maximum Gasteiger partial charge on any atom is 0.243 e. The first-order chi connectivity index (χ1) is 11.8. The summed E-state index contributed by atoms with van der Waals surface area (Å²) in [5.41, 5.74) is 0.881. The summed E-state index contributed by atoms with van der Waals surface area (Å²) in [5.74, 6) is -0.180. The van der Waals surface area contributed by atoms with Gasteiger partial charge in [-0.15, -0.1) is 0 Å². The highest BCUT2D eigenvalue weighted by Crippen LogP contribution is 2.21. The molecule has 0 radical (unpaired) electrons. The molecule has 2 aromatic rings. The zero-order chi connectivity index (χ0) is 18.5. The van der Waals surface area contributed by atoms with Crippen molar-refractivity contribution < 1.29 is 16.8 Å². The van der Waals surface area contributed by atoms with Gasteiger partial charge in [0.2, 0.25) is 20.0 Å². The lowest BCUT2D eigenvalue weighted by molar-refractivity contribution is 0.445. The van der Waals surface area contributed by atoms with E-state index in [4.69, 9.17) is 0 Å². The van der Waals surface area contributed by atoms with Gasteiger partial charge in [-0.05, 0) is 23.8 Å². The molecule has 2 aromatic carbocycles. The third kappa shape index (κ3) is 5.04. The van der Waals surface area contributed by atoms with Crippen molar-refractivity contribution in [2.24, 2.45) is 0 Å². The molecule has 1 N–H and O–H groups in total. The van der Waals surface area contributed by atoms with Gasteiger partial charge in [0.15, 0.2) is 0 Å². The third-order valence-electron chi connectivity index (χ3n) is 3.65. The average molecular weight is 383 g/mol. The van der Waals surface area contributed by atoms with E-state index in [9.17, 15) is 16.8 Å². The Morgan fingerprint density at radius 3 is 2.12 bits per heavy atom. The smallest absolute Gasteiger partial charge is 0.243 e. The number of sulfonamides is 2. The summed E-state index contributed by atoms with van der Waals surface area (Å²) >= 11 is 0. The molecule has 0 saturated heterocycles. The van der Waals surface area contributed by atoms with Crippen LogP contribution in [0.4, 0.5) is 5.69 Å². The molecule has 0 unspecified atom stereocenters. The number of rotatable bonds is 8. The molecule has 2 rings (SSSR count). The Labute approximate surface area is 149 Å². The number of nitrogens with one attached hydrogen (secondary N) is 1. The van der Waals surface area contributed by atoms with Gasteiger partial charge in [-0.25, -0.2) is 16.8 Å². The van der Waals surface area contributed by atoms with Crippen LogP contribution in [0.5, 0.6) is 0 Å². The van der Waals surface area contributed by atoms with E-state index in [0.717, 1.165) is 0 Å². The highest BCUT2D eigenvalue weighted by atomic mass is 32.2. The lowest BCUT2D eigenvalue weighted by Gasteiger charge is -2.19. The predicted octanol–water partition coefficient (Wildman–Crippen LogP) is 2.66. The van der Waals surface area contributed by atoms with Crippen LogP contribution in [-0.4, -0.2) is 34.2 Å². The van der Waals surface area contributed by atoms with Crippen LogP contribution < -0.4 is 4.72 Å². The summed E-state index contributed by atoms with van der Waals surface area (Å²) in [7, 11) is -7.28. The van der Waals surface area contributed by atoms with Crippen molar-refractivity contribution in [1.29, 1.82) is 0 Å². The normalized spacial score (nSPS) is 12.3. The van der Waals surface area contributed by atoms with E-state index >= 15 is 0 Å². The minimum Gasteiger partial charge on any atom is -0.283 e. The van der Waals surface area contributed by atoms with Gasteiger partial charge in [0.25, 0.3) is 0 Å². The van der Waals surface area contributed by atoms with Crippen LogP contribution >= 0.6 is 0 Å². The van der Waals surface area contributed by atoms with Crippen LogP contribution in [0.2, 0.25) is 0 Å². The van der Waals surface area contributed by atoms with Gasteiger partial charge in [-0.2, -0.15) is 4.31 Å². The Morgan fingerprint density at radius 2 is 1.52 bits per heavy atom. The van der Waals surface area contributed by atoms with Crippen molar-refractivity contribution in [1.82, 2.24) is 4.31 Å². The number of anilines is 1. The van der Waals surface area contributed by atoms with E-state index < -0.39 is 20.0 Å². The largest absolute Gasteiger partial charge is 0.283 e. The Morgan fingerprint density at radius 1 is 0.880 bits per heavy atom. The van der Waals surface area contributed by atoms with Gasteiger partial charge in [-0.1, -0.05) is 50.2 Å². The molecule has 8 heteroatoms. The topological polar surface area (TPSA) is 83.6 Å². The Bertz CT molecular complexity index is 907. The molecule has 0 aliphatic heterocycles. The van der Waals surface area contributed by atoms with Crippen LogP contribution in [0.3, 0.4) is 0 Å². The Kier molecular flexibility index (Phi) is 6.21. The summed E-state index contributed by atoms with van der Waals surface area (Å²) in [6, 6.07) is 14.6. The van der Waals surface area contributed by atoms with Crippen LogP contribution in [0.25, 0.3) is 0 Å². The maximum atomic E-state index is 12.6. The number of hydrogen-bond acceptors (Lipinski definition) is 4. The van der Waals surface area contributed by atoms with Crippen molar-refractivity contribution in [2.75, 3.05) is 17.8 Å². The summed E-state index contributed by atoms with van der Waals surface area (Å²) in [6.07, 6.45) is 0. The van der Waals surface area contributed by atoms with E-state index in [-0.39, 0.29) is 16.3 Å². The van der Waals surface area contributed by atoms with E-state index in [0.29, 0.717) is 18.7 Å². The maximum absolute atomic E-state index is 12.6. The van der Waals surface area contributed by atoms with Crippen LogP contribution in [0.1, 0.15) is 19.4 Å². The molecule has 0 aromatic heterocycles. The zero-order valence-electron chi connectivity index (χ0n) is 14.2. The molecular formula is C17H22N2O4S2. The van der Waals surface area contributed by atoms with Gasteiger partial charge < -0.3 is 0 Å². The first-order valence-electron chi connectivity index (χ1n) is 7.93. The molecule has 0 spiro atoms. The highest BCUT2D eigenvalue weighted by Gasteiger charge is 2.22. The first kappa shape index (κ1) is 19.4. The van der Waals surface area contributed by atoms with Crippen molar-refractivity contribution in [3.63, 3.8) is 0 Å². The van der Waals surface area contributed by atoms with Gasteiger partial charge >= 0.3 is 0 Å². The second-order valence-corrected chi connectivity index (χ2v) is 9.12. The average Bonchev–Trinajstić information content (AvgIpc) is 2.56. The first-order valence-corrected chi connectivity index (χ1v) is 11.0. The molecule has 0 amide bonds. The lowest BCUT2D eigenvalue weighted by atomic mass is 10.2. The zero-order valence-corrected chi connectivity index (χ0v) is 15.8. The SMILES string of the molecule is CCN(CC)S(=O)(=O)c1cccc(NS(=O)(=O)Cc2ccccc2)c1. The van der Waals surface area contributed by atoms with E-state index in [2.05, 4.69) is 4.72 Å². The molecule has 25 heavy (non-hydrogen) atoms. The molecule has 0 fully saturated rings. The number of hydrogen-bond donors (Lipinski definition) is 1. The summed E-state index contributed by atoms with van der Waals surface area (Å²) in [6.45, 7) is 4.21. The van der Waals surface area contributed by atoms with Crippen molar-refractivity contribution in [3.05, 3.63) is 60.2 Å². The summed E-state index contributed by atoms with van der Waals surface area (Å²) < 4.78 is 53.5. The number of benzene rings is 2. The van der Waals surface area contributed by atoms with Crippen molar-refractivity contribution in [2.45, 2.75) is 24.5 Å². The fourth-order valence-electron chi connectivity index (χ4n) is 2.44. The van der Waals surface area contributed by atoms with Gasteiger partial charge in [0.1, 0.15) is 0 Å². The molecule has 0 bridgehead atoms. The fraction of sp³-hybridized carbons (Fsp3) is 0.294. The second-order valence-electron chi connectivity index (χ2n) is 5.46. The van der Waals surface area contributed by atoms with E-state index in [1.54, 1.807) is 38.1 Å². The molecular weight excluding hydrogens is 360 g/mol. The van der Waals surface area contributed by atoms with E-state index in [1.807, 2.05) is 6.07 Å². The molecule has 0 saturated carbocycles. The van der Waals surface area contributed by atoms with Crippen LogP contribution in [0, 0.1) is 0 Å². The Balaban J connectivity index is 2.24. The monoisotopic (exact) mass is 382 g/mol.